The lowest BCUT2D eigenvalue weighted by Gasteiger charge is -2.16. The quantitative estimate of drug-likeness (QED) is 0.688. The van der Waals surface area contributed by atoms with E-state index in [4.69, 9.17) is 9.72 Å². The number of nitrogens with one attached hydrogen (secondary N) is 1. The minimum Gasteiger partial charge on any atom is -0.497 e. The Kier molecular flexibility index (Phi) is 5.07. The Labute approximate surface area is 153 Å². The summed E-state index contributed by atoms with van der Waals surface area (Å²) in [5, 5.41) is 2.96. The highest BCUT2D eigenvalue weighted by Gasteiger charge is 2.18. The number of benzene rings is 2. The van der Waals surface area contributed by atoms with E-state index in [9.17, 15) is 4.79 Å². The standard InChI is InChI=1S/C21H23N3O2/c1-14(2)21(25)22-15(3)20-23-18-7-5-6-8-19(18)24(20)13-16-9-11-17(26-4)12-10-16/h5-12,15H,1,13H2,2-4H3,(H,22,25). The van der Waals surface area contributed by atoms with E-state index >= 15 is 0 Å². The minimum atomic E-state index is -0.232. The molecule has 0 fully saturated rings. The number of imidazole rings is 1. The lowest BCUT2D eigenvalue weighted by molar-refractivity contribution is -0.118. The van der Waals surface area contributed by atoms with Crippen LogP contribution in [0.25, 0.3) is 11.0 Å². The summed E-state index contributed by atoms with van der Waals surface area (Å²) < 4.78 is 7.37. The minimum absolute atomic E-state index is 0.166. The predicted molar refractivity (Wildman–Crippen MR) is 103 cm³/mol. The van der Waals surface area contributed by atoms with E-state index in [1.54, 1.807) is 14.0 Å². The van der Waals surface area contributed by atoms with Gasteiger partial charge in [-0.25, -0.2) is 4.98 Å². The van der Waals surface area contributed by atoms with Gasteiger partial charge in [0.25, 0.3) is 0 Å². The molecular formula is C21H23N3O2. The molecule has 0 bridgehead atoms. The fraction of sp³-hybridized carbons (Fsp3) is 0.238. The van der Waals surface area contributed by atoms with Gasteiger partial charge in [-0.2, -0.15) is 0 Å². The molecule has 0 spiro atoms. The molecule has 1 aromatic heterocycles. The third kappa shape index (κ3) is 3.61. The van der Waals surface area contributed by atoms with E-state index in [1.165, 1.54) is 0 Å². The first-order valence-corrected chi connectivity index (χ1v) is 8.54. The highest BCUT2D eigenvalue weighted by Crippen LogP contribution is 2.23. The average molecular weight is 349 g/mol. The van der Waals surface area contributed by atoms with Crippen molar-refractivity contribution < 1.29 is 9.53 Å². The predicted octanol–water partition coefficient (Wildman–Crippen LogP) is 3.85. The first-order valence-electron chi connectivity index (χ1n) is 8.54. The Hall–Kier alpha value is -3.08. The zero-order valence-electron chi connectivity index (χ0n) is 15.3. The average Bonchev–Trinajstić information content (AvgIpc) is 3.01. The third-order valence-electron chi connectivity index (χ3n) is 4.31. The van der Waals surface area contributed by atoms with E-state index < -0.39 is 0 Å². The Bertz CT molecular complexity index is 942. The van der Waals surface area contributed by atoms with E-state index in [2.05, 4.69) is 16.5 Å². The van der Waals surface area contributed by atoms with Gasteiger partial charge in [0.1, 0.15) is 11.6 Å². The topological polar surface area (TPSA) is 56.2 Å². The maximum atomic E-state index is 12.0. The fourth-order valence-electron chi connectivity index (χ4n) is 2.89. The van der Waals surface area contributed by atoms with Crippen LogP contribution in [0.1, 0.15) is 31.3 Å². The number of rotatable bonds is 6. The number of methoxy groups -OCH3 is 1. The largest absolute Gasteiger partial charge is 0.497 e. The maximum absolute atomic E-state index is 12.0. The summed E-state index contributed by atoms with van der Waals surface area (Å²) in [7, 11) is 1.66. The van der Waals surface area contributed by atoms with Crippen LogP contribution in [0.2, 0.25) is 0 Å². The van der Waals surface area contributed by atoms with Crippen LogP contribution in [0, 0.1) is 0 Å². The van der Waals surface area contributed by atoms with Crippen molar-refractivity contribution in [2.45, 2.75) is 26.4 Å². The van der Waals surface area contributed by atoms with Gasteiger partial charge in [0.2, 0.25) is 5.91 Å². The second kappa shape index (κ2) is 7.44. The van der Waals surface area contributed by atoms with Gasteiger partial charge < -0.3 is 14.6 Å². The molecule has 0 saturated carbocycles. The molecule has 0 aliphatic heterocycles. The Morgan fingerprint density at radius 1 is 1.23 bits per heavy atom. The molecular weight excluding hydrogens is 326 g/mol. The van der Waals surface area contributed by atoms with Gasteiger partial charge in [-0.15, -0.1) is 0 Å². The summed E-state index contributed by atoms with van der Waals surface area (Å²) in [5.74, 6) is 1.48. The molecule has 1 N–H and O–H groups in total. The molecule has 1 heterocycles. The summed E-state index contributed by atoms with van der Waals surface area (Å²) in [4.78, 5) is 16.8. The van der Waals surface area contributed by atoms with Crippen LogP contribution in [0.5, 0.6) is 5.75 Å². The van der Waals surface area contributed by atoms with E-state index in [-0.39, 0.29) is 11.9 Å². The molecule has 3 aromatic rings. The van der Waals surface area contributed by atoms with Crippen LogP contribution < -0.4 is 10.1 Å². The summed E-state index contributed by atoms with van der Waals surface area (Å²) in [6.45, 7) is 7.99. The van der Waals surface area contributed by atoms with Crippen LogP contribution in [-0.2, 0) is 11.3 Å². The summed E-state index contributed by atoms with van der Waals surface area (Å²) in [5.41, 5.74) is 3.56. The molecule has 0 saturated heterocycles. The van der Waals surface area contributed by atoms with Crippen molar-refractivity contribution in [3.63, 3.8) is 0 Å². The van der Waals surface area contributed by atoms with Gasteiger partial charge in [-0.05, 0) is 43.7 Å². The molecule has 0 radical (unpaired) electrons. The number of hydrogen-bond donors (Lipinski definition) is 1. The first-order chi connectivity index (χ1) is 12.5. The van der Waals surface area contributed by atoms with Crippen LogP contribution in [-0.4, -0.2) is 22.6 Å². The summed E-state index contributed by atoms with van der Waals surface area (Å²) in [6.07, 6.45) is 0. The molecule has 5 heteroatoms. The van der Waals surface area contributed by atoms with Gasteiger partial charge in [-0.3, -0.25) is 4.79 Å². The molecule has 134 valence electrons. The summed E-state index contributed by atoms with van der Waals surface area (Å²) >= 11 is 0. The van der Waals surface area contributed by atoms with Crippen LogP contribution in [0.4, 0.5) is 0 Å². The van der Waals surface area contributed by atoms with Crippen molar-refractivity contribution in [3.05, 3.63) is 72.1 Å². The number of ether oxygens (including phenoxy) is 1. The number of aromatic nitrogens is 2. The highest BCUT2D eigenvalue weighted by molar-refractivity contribution is 5.92. The van der Waals surface area contributed by atoms with Crippen molar-refractivity contribution in [3.8, 4) is 5.75 Å². The molecule has 0 aliphatic rings. The van der Waals surface area contributed by atoms with Gasteiger partial charge in [0.05, 0.1) is 24.2 Å². The number of hydrogen-bond acceptors (Lipinski definition) is 3. The molecule has 1 atom stereocenters. The van der Waals surface area contributed by atoms with Crippen molar-refractivity contribution in [2.75, 3.05) is 7.11 Å². The molecule has 1 amide bonds. The van der Waals surface area contributed by atoms with Crippen LogP contribution in [0.3, 0.4) is 0 Å². The monoisotopic (exact) mass is 349 g/mol. The number of nitrogens with zero attached hydrogens (tertiary/aromatic N) is 2. The second-order valence-corrected chi connectivity index (χ2v) is 6.37. The van der Waals surface area contributed by atoms with Crippen LogP contribution in [0.15, 0.2) is 60.7 Å². The lowest BCUT2D eigenvalue weighted by Crippen LogP contribution is -2.29. The Balaban J connectivity index is 1.98. The molecule has 5 nitrogen and oxygen atoms in total. The van der Waals surface area contributed by atoms with E-state index in [0.29, 0.717) is 12.1 Å². The fourth-order valence-corrected chi connectivity index (χ4v) is 2.89. The highest BCUT2D eigenvalue weighted by atomic mass is 16.5. The van der Waals surface area contributed by atoms with E-state index in [1.807, 2.05) is 55.5 Å². The third-order valence-corrected chi connectivity index (χ3v) is 4.31. The van der Waals surface area contributed by atoms with Crippen molar-refractivity contribution in [1.29, 1.82) is 0 Å². The van der Waals surface area contributed by atoms with E-state index in [0.717, 1.165) is 28.2 Å². The molecule has 3 rings (SSSR count). The number of amides is 1. The lowest BCUT2D eigenvalue weighted by atomic mass is 10.2. The SMILES string of the molecule is C=C(C)C(=O)NC(C)c1nc2ccccc2n1Cc1ccc(OC)cc1. The maximum Gasteiger partial charge on any atom is 0.246 e. The zero-order valence-corrected chi connectivity index (χ0v) is 15.3. The summed E-state index contributed by atoms with van der Waals surface area (Å²) in [6, 6.07) is 15.7. The molecule has 1 unspecified atom stereocenters. The van der Waals surface area contributed by atoms with Crippen molar-refractivity contribution in [1.82, 2.24) is 14.9 Å². The van der Waals surface area contributed by atoms with Gasteiger partial charge >= 0.3 is 0 Å². The van der Waals surface area contributed by atoms with Crippen molar-refractivity contribution in [2.24, 2.45) is 0 Å². The molecule has 0 aliphatic carbocycles. The zero-order chi connectivity index (χ0) is 18.7. The van der Waals surface area contributed by atoms with Gasteiger partial charge in [0.15, 0.2) is 0 Å². The first kappa shape index (κ1) is 17.7. The normalized spacial score (nSPS) is 12.0. The Morgan fingerprint density at radius 3 is 2.58 bits per heavy atom. The van der Waals surface area contributed by atoms with Gasteiger partial charge in [0, 0.05) is 12.1 Å². The second-order valence-electron chi connectivity index (χ2n) is 6.37. The molecule has 26 heavy (non-hydrogen) atoms. The smallest absolute Gasteiger partial charge is 0.246 e. The number of para-hydroxylation sites is 2. The number of carbonyl (C=O) groups is 1. The number of carbonyl (C=O) groups excluding carboxylic acids is 1. The van der Waals surface area contributed by atoms with Crippen LogP contribution >= 0.6 is 0 Å². The number of fused-ring (bicyclic) bond motifs is 1. The molecule has 2 aromatic carbocycles. The Morgan fingerprint density at radius 2 is 1.92 bits per heavy atom. The van der Waals surface area contributed by atoms with Gasteiger partial charge in [-0.1, -0.05) is 30.8 Å². The van der Waals surface area contributed by atoms with Crippen molar-refractivity contribution >= 4 is 16.9 Å².